The smallest absolute Gasteiger partial charge is 0.139 e. The SMILES string of the molecule is Cc1cc(C)cc(-c2ccc(-c3cnc(-c4[c-]cccc4)n3C)cc2)c1.[Ir].[c-]1ccc2c(oc3c2ccc2oc4ccccc4c23)c1-c1ccccn1. The molecule has 0 aliphatic heterocycles. The Labute approximate surface area is 320 Å². The largest absolute Gasteiger partial charge is 0.500 e. The average molecular weight is 864 g/mol. The molecule has 53 heavy (non-hydrogen) atoms. The van der Waals surface area contributed by atoms with Crippen molar-refractivity contribution in [3.05, 3.63) is 169 Å². The van der Waals surface area contributed by atoms with E-state index in [-0.39, 0.29) is 20.1 Å². The van der Waals surface area contributed by atoms with Crippen LogP contribution in [0.1, 0.15) is 11.1 Å². The number of fused-ring (bicyclic) bond motifs is 7. The molecule has 10 rings (SSSR count). The Kier molecular flexibility index (Phi) is 9.09. The first-order valence-electron chi connectivity index (χ1n) is 17.3. The van der Waals surface area contributed by atoms with E-state index in [4.69, 9.17) is 8.83 Å². The van der Waals surface area contributed by atoms with Crippen molar-refractivity contribution in [2.24, 2.45) is 7.05 Å². The fraction of sp³-hybridized carbons (Fsp3) is 0.0638. The third kappa shape index (κ3) is 6.27. The van der Waals surface area contributed by atoms with Gasteiger partial charge in [0, 0.05) is 50.3 Å². The van der Waals surface area contributed by atoms with E-state index in [9.17, 15) is 0 Å². The van der Waals surface area contributed by atoms with Gasteiger partial charge in [0.05, 0.1) is 22.5 Å². The second-order valence-electron chi connectivity index (χ2n) is 13.1. The number of hydrogen-bond acceptors (Lipinski definition) is 4. The summed E-state index contributed by atoms with van der Waals surface area (Å²) in [4.78, 5) is 9.06. The van der Waals surface area contributed by atoms with Crippen molar-refractivity contribution >= 4 is 43.9 Å². The van der Waals surface area contributed by atoms with Crippen LogP contribution in [0.5, 0.6) is 0 Å². The first kappa shape index (κ1) is 34.0. The van der Waals surface area contributed by atoms with Crippen LogP contribution in [0.2, 0.25) is 0 Å². The van der Waals surface area contributed by atoms with Crippen LogP contribution in [-0.2, 0) is 27.2 Å². The number of furan rings is 2. The van der Waals surface area contributed by atoms with Crippen molar-refractivity contribution < 1.29 is 28.9 Å². The molecule has 10 aromatic rings. The molecule has 0 saturated carbocycles. The van der Waals surface area contributed by atoms with Crippen LogP contribution in [0.15, 0.2) is 155 Å². The van der Waals surface area contributed by atoms with Gasteiger partial charge in [0.15, 0.2) is 0 Å². The van der Waals surface area contributed by atoms with Gasteiger partial charge in [0.1, 0.15) is 16.7 Å². The van der Waals surface area contributed by atoms with E-state index < -0.39 is 0 Å². The van der Waals surface area contributed by atoms with Gasteiger partial charge in [-0.3, -0.25) is 4.98 Å². The molecule has 0 aliphatic rings. The van der Waals surface area contributed by atoms with Crippen molar-refractivity contribution in [1.29, 1.82) is 0 Å². The molecule has 0 fully saturated rings. The fourth-order valence-corrected chi connectivity index (χ4v) is 7.14. The summed E-state index contributed by atoms with van der Waals surface area (Å²) in [6.45, 7) is 4.28. The minimum Gasteiger partial charge on any atom is -0.500 e. The minimum atomic E-state index is 0. The van der Waals surface area contributed by atoms with Crippen LogP contribution in [0.4, 0.5) is 0 Å². The second-order valence-corrected chi connectivity index (χ2v) is 13.1. The molecule has 0 atom stereocenters. The number of hydrogen-bond donors (Lipinski definition) is 0. The van der Waals surface area contributed by atoms with Crippen molar-refractivity contribution in [2.75, 3.05) is 0 Å². The molecule has 4 aromatic heterocycles. The summed E-state index contributed by atoms with van der Waals surface area (Å²) in [5.41, 5.74) is 13.4. The van der Waals surface area contributed by atoms with Gasteiger partial charge in [-0.15, -0.1) is 54.1 Å². The standard InChI is InChI=1S/C24H21N2.C23H12NO2.Ir/c1-17-13-18(2)15-22(14-17)19-9-11-20(12-10-19)23-16-25-24(26(23)3)21-7-5-4-6-8-21;1-2-10-19-17(6-1)21-20(25-19)12-11-15-14-7-5-8-16(22(14)26-23(15)21)18-9-3-4-13-24-18;/h4-7,9-16H,1-3H3;1-7,9-13H;/q2*-1;. The first-order valence-corrected chi connectivity index (χ1v) is 17.3. The summed E-state index contributed by atoms with van der Waals surface area (Å²) in [6.07, 6.45) is 3.72. The molecular weight excluding hydrogens is 831 g/mol. The van der Waals surface area contributed by atoms with Crippen LogP contribution >= 0.6 is 0 Å². The summed E-state index contributed by atoms with van der Waals surface area (Å²) in [7, 11) is 2.05. The number of imidazole rings is 1. The topological polar surface area (TPSA) is 57.0 Å². The summed E-state index contributed by atoms with van der Waals surface area (Å²) < 4.78 is 14.5. The van der Waals surface area contributed by atoms with Crippen LogP contribution in [-0.4, -0.2) is 14.5 Å². The Balaban J connectivity index is 0.000000148. The molecule has 6 heteroatoms. The molecule has 4 heterocycles. The quantitative estimate of drug-likeness (QED) is 0.165. The molecule has 6 aromatic carbocycles. The Hall–Kier alpha value is -6.07. The fourth-order valence-electron chi connectivity index (χ4n) is 7.14. The van der Waals surface area contributed by atoms with Crippen molar-refractivity contribution in [1.82, 2.24) is 14.5 Å². The zero-order valence-electron chi connectivity index (χ0n) is 29.3. The van der Waals surface area contributed by atoms with Crippen LogP contribution in [0.25, 0.3) is 88.9 Å². The van der Waals surface area contributed by atoms with Gasteiger partial charge in [-0.2, -0.15) is 0 Å². The van der Waals surface area contributed by atoms with Crippen LogP contribution < -0.4 is 0 Å². The van der Waals surface area contributed by atoms with E-state index >= 15 is 0 Å². The van der Waals surface area contributed by atoms with Gasteiger partial charge in [0.25, 0.3) is 0 Å². The maximum Gasteiger partial charge on any atom is 0.139 e. The summed E-state index contributed by atoms with van der Waals surface area (Å²) >= 11 is 0. The van der Waals surface area contributed by atoms with Gasteiger partial charge < -0.3 is 18.4 Å². The minimum absolute atomic E-state index is 0. The number of pyridine rings is 1. The van der Waals surface area contributed by atoms with E-state index in [1.807, 2.05) is 85.1 Å². The molecule has 0 bridgehead atoms. The third-order valence-corrected chi connectivity index (χ3v) is 9.53. The number of para-hydroxylation sites is 1. The van der Waals surface area contributed by atoms with Crippen molar-refractivity contribution in [3.63, 3.8) is 0 Å². The van der Waals surface area contributed by atoms with Gasteiger partial charge in [-0.1, -0.05) is 94.9 Å². The molecule has 5 nitrogen and oxygen atoms in total. The Morgan fingerprint density at radius 2 is 1.34 bits per heavy atom. The maximum absolute atomic E-state index is 6.39. The van der Waals surface area contributed by atoms with E-state index in [1.165, 1.54) is 22.3 Å². The van der Waals surface area contributed by atoms with E-state index in [0.29, 0.717) is 0 Å². The zero-order valence-corrected chi connectivity index (χ0v) is 31.7. The maximum atomic E-state index is 6.39. The zero-order chi connectivity index (χ0) is 35.2. The molecule has 0 amide bonds. The molecule has 0 spiro atoms. The second kappa shape index (κ2) is 14.2. The van der Waals surface area contributed by atoms with E-state index in [0.717, 1.165) is 77.8 Å². The molecule has 259 valence electrons. The summed E-state index contributed by atoms with van der Waals surface area (Å²) in [5.74, 6) is 0.930. The van der Waals surface area contributed by atoms with E-state index in [1.54, 1.807) is 6.20 Å². The van der Waals surface area contributed by atoms with Crippen molar-refractivity contribution in [2.45, 2.75) is 13.8 Å². The Morgan fingerprint density at radius 1 is 0.585 bits per heavy atom. The summed E-state index contributed by atoms with van der Waals surface area (Å²) in [6, 6.07) is 51.8. The number of rotatable bonds is 4. The number of nitrogens with zero attached hydrogens (tertiary/aromatic N) is 3. The van der Waals surface area contributed by atoms with Gasteiger partial charge in [-0.05, 0) is 60.5 Å². The number of aromatic nitrogens is 3. The molecule has 0 N–H and O–H groups in total. The molecule has 0 aliphatic carbocycles. The van der Waals surface area contributed by atoms with Gasteiger partial charge in [-0.25, -0.2) is 0 Å². The van der Waals surface area contributed by atoms with Gasteiger partial charge in [0.2, 0.25) is 0 Å². The van der Waals surface area contributed by atoms with Gasteiger partial charge >= 0.3 is 0 Å². The first-order chi connectivity index (χ1) is 25.5. The Bertz CT molecular complexity index is 2850. The number of aryl methyl sites for hydroxylation is 2. The predicted molar refractivity (Wildman–Crippen MR) is 211 cm³/mol. The van der Waals surface area contributed by atoms with Crippen molar-refractivity contribution in [3.8, 4) is 45.0 Å². The number of benzene rings is 6. The molecular formula is C47H33IrN3O2-2. The molecule has 1 radical (unpaired) electrons. The van der Waals surface area contributed by atoms with E-state index in [2.05, 4.69) is 102 Å². The Morgan fingerprint density at radius 3 is 2.11 bits per heavy atom. The summed E-state index contributed by atoms with van der Waals surface area (Å²) in [5, 5.41) is 4.22. The van der Waals surface area contributed by atoms with Crippen LogP contribution in [0.3, 0.4) is 0 Å². The predicted octanol–water partition coefficient (Wildman–Crippen LogP) is 12.2. The molecule has 0 saturated heterocycles. The third-order valence-electron chi connectivity index (χ3n) is 9.53. The molecule has 0 unspecified atom stereocenters. The van der Waals surface area contributed by atoms with Crippen LogP contribution in [0, 0.1) is 26.0 Å². The normalized spacial score (nSPS) is 11.2. The monoisotopic (exact) mass is 864 g/mol. The average Bonchev–Trinajstić information content (AvgIpc) is 3.88.